The number of fused-ring (bicyclic) bond motifs is 1. The molecule has 172 valence electrons. The Bertz CT molecular complexity index is 1430. The van der Waals surface area contributed by atoms with E-state index in [1.165, 1.54) is 16.4 Å². The third kappa shape index (κ3) is 4.45. The number of nitrogens with one attached hydrogen (secondary N) is 1. The fraction of sp³-hybridized carbons (Fsp3) is 0.154. The molecule has 1 aliphatic rings. The van der Waals surface area contributed by atoms with Crippen LogP contribution in [0.15, 0.2) is 96.4 Å². The molecule has 0 aliphatic carbocycles. The van der Waals surface area contributed by atoms with Crippen LogP contribution in [-0.2, 0) is 29.5 Å². The number of hydrogen-bond donors (Lipinski definition) is 1. The van der Waals surface area contributed by atoms with Gasteiger partial charge in [0.05, 0.1) is 16.9 Å². The van der Waals surface area contributed by atoms with Gasteiger partial charge in [0.25, 0.3) is 15.9 Å². The zero-order chi connectivity index (χ0) is 23.5. The van der Waals surface area contributed by atoms with E-state index >= 15 is 0 Å². The number of nitrogens with zero attached hydrogens (tertiary/aromatic N) is 3. The van der Waals surface area contributed by atoms with E-state index in [0.29, 0.717) is 37.3 Å². The van der Waals surface area contributed by atoms with Gasteiger partial charge in [0.1, 0.15) is 0 Å². The topological polar surface area (TPSA) is 84.3 Å². The Labute approximate surface area is 198 Å². The number of hydrogen-bond acceptors (Lipinski definition) is 4. The van der Waals surface area contributed by atoms with Gasteiger partial charge in [-0.3, -0.25) is 9.10 Å². The van der Waals surface area contributed by atoms with Crippen molar-refractivity contribution in [2.75, 3.05) is 10.8 Å². The van der Waals surface area contributed by atoms with Crippen LogP contribution in [-0.4, -0.2) is 30.4 Å². The molecule has 0 spiro atoms. The third-order valence-corrected chi connectivity index (χ3v) is 7.71. The molecule has 4 aromatic rings. The van der Waals surface area contributed by atoms with Crippen LogP contribution in [0, 0.1) is 0 Å². The Balaban J connectivity index is 1.29. The Hall–Kier alpha value is -3.91. The standard InChI is InChI=1S/C26H24N4O3S/c31-26(28-17-20-5-3-6-21(15-20)18-29-14-12-27-19-29)23-8-4-9-24(16-23)34(32,33)30-13-11-22-7-1-2-10-25(22)30/h1-10,12,14-16,19H,11,13,17-18H2,(H,28,31). The molecule has 1 N–H and O–H groups in total. The predicted octanol–water partition coefficient (Wildman–Crippen LogP) is 3.61. The Morgan fingerprint density at radius 3 is 2.65 bits per heavy atom. The smallest absolute Gasteiger partial charge is 0.264 e. The summed E-state index contributed by atoms with van der Waals surface area (Å²) in [4.78, 5) is 17.0. The number of aromatic nitrogens is 2. The maximum absolute atomic E-state index is 13.3. The number of imidazole rings is 1. The van der Waals surface area contributed by atoms with E-state index in [0.717, 1.165) is 16.7 Å². The van der Waals surface area contributed by atoms with Gasteiger partial charge in [-0.1, -0.05) is 48.5 Å². The first-order valence-electron chi connectivity index (χ1n) is 11.0. The zero-order valence-corrected chi connectivity index (χ0v) is 19.3. The first kappa shape index (κ1) is 21.9. The van der Waals surface area contributed by atoms with Crippen LogP contribution in [0.3, 0.4) is 0 Å². The second-order valence-electron chi connectivity index (χ2n) is 8.22. The van der Waals surface area contributed by atoms with Gasteiger partial charge in [-0.2, -0.15) is 0 Å². The van der Waals surface area contributed by atoms with Crippen LogP contribution in [0.4, 0.5) is 5.69 Å². The van der Waals surface area contributed by atoms with E-state index in [4.69, 9.17) is 0 Å². The molecule has 34 heavy (non-hydrogen) atoms. The molecule has 0 saturated carbocycles. The van der Waals surface area contributed by atoms with Crippen molar-refractivity contribution < 1.29 is 13.2 Å². The minimum atomic E-state index is -3.76. The van der Waals surface area contributed by atoms with E-state index in [-0.39, 0.29) is 10.8 Å². The largest absolute Gasteiger partial charge is 0.348 e. The molecule has 5 rings (SSSR count). The number of carbonyl (C=O) groups excluding carboxylic acids is 1. The van der Waals surface area contributed by atoms with Gasteiger partial charge in [-0.15, -0.1) is 0 Å². The van der Waals surface area contributed by atoms with Crippen molar-refractivity contribution in [3.8, 4) is 0 Å². The highest BCUT2D eigenvalue weighted by Gasteiger charge is 2.30. The normalized spacial score (nSPS) is 13.0. The molecule has 0 unspecified atom stereocenters. The molecular weight excluding hydrogens is 448 g/mol. The molecular formula is C26H24N4O3S. The van der Waals surface area contributed by atoms with Crippen LogP contribution in [0.2, 0.25) is 0 Å². The first-order chi connectivity index (χ1) is 16.5. The number of sulfonamides is 1. The number of anilines is 1. The Kier molecular flexibility index (Phi) is 5.90. The van der Waals surface area contributed by atoms with Crippen LogP contribution in [0.25, 0.3) is 0 Å². The lowest BCUT2D eigenvalue weighted by atomic mass is 10.1. The minimum Gasteiger partial charge on any atom is -0.348 e. The van der Waals surface area contributed by atoms with Gasteiger partial charge in [0.15, 0.2) is 0 Å². The van der Waals surface area contributed by atoms with Crippen LogP contribution in [0.5, 0.6) is 0 Å². The van der Waals surface area contributed by atoms with Crippen LogP contribution < -0.4 is 9.62 Å². The predicted molar refractivity (Wildman–Crippen MR) is 130 cm³/mol. The fourth-order valence-corrected chi connectivity index (χ4v) is 5.75. The average molecular weight is 473 g/mol. The molecule has 1 aliphatic heterocycles. The molecule has 3 aromatic carbocycles. The molecule has 0 fully saturated rings. The van der Waals surface area contributed by atoms with Crippen molar-refractivity contribution in [1.82, 2.24) is 14.9 Å². The monoisotopic (exact) mass is 472 g/mol. The molecule has 1 aromatic heterocycles. The third-order valence-electron chi connectivity index (χ3n) is 5.90. The van der Waals surface area contributed by atoms with E-state index in [1.54, 1.807) is 24.7 Å². The summed E-state index contributed by atoms with van der Waals surface area (Å²) in [6.07, 6.45) is 6.07. The summed E-state index contributed by atoms with van der Waals surface area (Å²) in [7, 11) is -3.76. The van der Waals surface area contributed by atoms with Crippen molar-refractivity contribution in [3.05, 3.63) is 114 Å². The van der Waals surface area contributed by atoms with Gasteiger partial charge in [0.2, 0.25) is 0 Å². The molecule has 0 atom stereocenters. The molecule has 8 heteroatoms. The highest BCUT2D eigenvalue weighted by molar-refractivity contribution is 7.92. The minimum absolute atomic E-state index is 0.110. The number of rotatable bonds is 7. The van der Waals surface area contributed by atoms with Crippen LogP contribution >= 0.6 is 0 Å². The SMILES string of the molecule is O=C(NCc1cccc(Cn2ccnc2)c1)c1cccc(S(=O)(=O)N2CCc3ccccc32)c1. The van der Waals surface area contributed by atoms with Crippen molar-refractivity contribution in [1.29, 1.82) is 0 Å². The Morgan fingerprint density at radius 1 is 0.971 bits per heavy atom. The second kappa shape index (κ2) is 9.15. The summed E-state index contributed by atoms with van der Waals surface area (Å²) in [6, 6.07) is 21.7. The molecule has 0 radical (unpaired) electrons. The lowest BCUT2D eigenvalue weighted by Crippen LogP contribution is -2.29. The van der Waals surface area contributed by atoms with Gasteiger partial charge >= 0.3 is 0 Å². The van der Waals surface area contributed by atoms with E-state index in [2.05, 4.69) is 10.3 Å². The highest BCUT2D eigenvalue weighted by atomic mass is 32.2. The average Bonchev–Trinajstić information content (AvgIpc) is 3.53. The lowest BCUT2D eigenvalue weighted by Gasteiger charge is -2.20. The van der Waals surface area contributed by atoms with E-state index in [9.17, 15) is 13.2 Å². The molecule has 1 amide bonds. The summed E-state index contributed by atoms with van der Waals surface area (Å²) in [5.74, 6) is -0.320. The van der Waals surface area contributed by atoms with Crippen molar-refractivity contribution >= 4 is 21.6 Å². The second-order valence-corrected chi connectivity index (χ2v) is 10.1. The van der Waals surface area contributed by atoms with E-state index < -0.39 is 10.0 Å². The van der Waals surface area contributed by atoms with Gasteiger partial charge in [-0.25, -0.2) is 13.4 Å². The summed E-state index contributed by atoms with van der Waals surface area (Å²) in [5, 5.41) is 2.90. The van der Waals surface area contributed by atoms with Crippen molar-refractivity contribution in [3.63, 3.8) is 0 Å². The number of carbonyl (C=O) groups is 1. The molecule has 7 nitrogen and oxygen atoms in total. The summed E-state index contributed by atoms with van der Waals surface area (Å²) >= 11 is 0. The molecule has 0 saturated heterocycles. The maximum atomic E-state index is 13.3. The first-order valence-corrected chi connectivity index (χ1v) is 12.5. The summed E-state index contributed by atoms with van der Waals surface area (Å²) in [6.45, 7) is 1.43. The van der Waals surface area contributed by atoms with Crippen molar-refractivity contribution in [2.24, 2.45) is 0 Å². The highest BCUT2D eigenvalue weighted by Crippen LogP contribution is 2.32. The summed E-state index contributed by atoms with van der Waals surface area (Å²) in [5.41, 5.74) is 4.08. The van der Waals surface area contributed by atoms with Gasteiger partial charge < -0.3 is 9.88 Å². The molecule has 2 heterocycles. The zero-order valence-electron chi connectivity index (χ0n) is 18.5. The quantitative estimate of drug-likeness (QED) is 0.445. The van der Waals surface area contributed by atoms with Crippen LogP contribution in [0.1, 0.15) is 27.0 Å². The maximum Gasteiger partial charge on any atom is 0.264 e. The summed E-state index contributed by atoms with van der Waals surface area (Å²) < 4.78 is 30.0. The Morgan fingerprint density at radius 2 is 1.79 bits per heavy atom. The number of benzene rings is 3. The lowest BCUT2D eigenvalue weighted by molar-refractivity contribution is 0.0950. The van der Waals surface area contributed by atoms with Crippen molar-refractivity contribution in [2.45, 2.75) is 24.4 Å². The molecule has 0 bridgehead atoms. The van der Waals surface area contributed by atoms with Gasteiger partial charge in [0, 0.05) is 37.6 Å². The fourth-order valence-electron chi connectivity index (χ4n) is 4.20. The van der Waals surface area contributed by atoms with E-state index in [1.807, 2.05) is 59.3 Å². The number of amides is 1. The number of para-hydroxylation sites is 1. The van der Waals surface area contributed by atoms with Gasteiger partial charge in [-0.05, 0) is 47.4 Å².